The van der Waals surface area contributed by atoms with E-state index in [1.165, 1.54) is 10.3 Å². The summed E-state index contributed by atoms with van der Waals surface area (Å²) in [4.78, 5) is 16.3. The molecule has 0 atom stereocenters. The van der Waals surface area contributed by atoms with Gasteiger partial charge >= 0.3 is 0 Å². The minimum absolute atomic E-state index is 0.691. The summed E-state index contributed by atoms with van der Waals surface area (Å²) in [5.74, 6) is 0. The monoisotopic (exact) mass is 418 g/mol. The molecule has 0 bridgehead atoms. The molecule has 0 aliphatic heterocycles. The third-order valence-corrected chi connectivity index (χ3v) is 6.83. The van der Waals surface area contributed by atoms with Gasteiger partial charge in [0.2, 0.25) is 0 Å². The van der Waals surface area contributed by atoms with Gasteiger partial charge in [-0.3, -0.25) is 4.79 Å². The van der Waals surface area contributed by atoms with Crippen LogP contribution in [0.25, 0.3) is 42.6 Å². The zero-order valence-corrected chi connectivity index (χ0v) is 17.5. The highest BCUT2D eigenvalue weighted by atomic mass is 32.1. The highest BCUT2D eigenvalue weighted by Crippen LogP contribution is 2.36. The van der Waals surface area contributed by atoms with Crippen LogP contribution in [0.15, 0.2) is 91.0 Å². The standard InChI is InChI=1S/C27H18N2OS/c30-17-19-10-12-24-21(14-19)22-15-20(27-28-23-8-4-5-9-26(23)31-27)11-13-25(22)29(24)16-18-6-2-1-3-7-18/h1-15,17H,16H2. The van der Waals surface area contributed by atoms with Crippen LogP contribution in [-0.4, -0.2) is 15.8 Å². The molecule has 0 saturated carbocycles. The molecule has 4 aromatic carbocycles. The van der Waals surface area contributed by atoms with Crippen LogP contribution in [0.4, 0.5) is 0 Å². The van der Waals surface area contributed by atoms with Gasteiger partial charge in [0, 0.05) is 39.5 Å². The summed E-state index contributed by atoms with van der Waals surface area (Å²) >= 11 is 1.71. The first-order valence-electron chi connectivity index (χ1n) is 10.2. The first-order valence-corrected chi connectivity index (χ1v) is 11.0. The van der Waals surface area contributed by atoms with Crippen molar-refractivity contribution >= 4 is 49.6 Å². The first kappa shape index (κ1) is 18.0. The summed E-state index contributed by atoms with van der Waals surface area (Å²) in [6.07, 6.45) is 0.914. The SMILES string of the molecule is O=Cc1ccc2c(c1)c1cc(-c3nc4ccccc4s3)ccc1n2Cc1ccccc1. The molecule has 0 spiro atoms. The zero-order chi connectivity index (χ0) is 20.8. The van der Waals surface area contributed by atoms with Crippen molar-refractivity contribution in [3.63, 3.8) is 0 Å². The fourth-order valence-corrected chi connectivity index (χ4v) is 5.22. The van der Waals surface area contributed by atoms with E-state index in [1.807, 2.05) is 30.3 Å². The van der Waals surface area contributed by atoms with E-state index >= 15 is 0 Å². The minimum atomic E-state index is 0.691. The summed E-state index contributed by atoms with van der Waals surface area (Å²) in [7, 11) is 0. The Morgan fingerprint density at radius 3 is 2.35 bits per heavy atom. The predicted molar refractivity (Wildman–Crippen MR) is 129 cm³/mol. The molecule has 0 aliphatic rings. The molecule has 0 amide bonds. The molecule has 148 valence electrons. The molecule has 0 unspecified atom stereocenters. The number of benzene rings is 4. The Bertz CT molecular complexity index is 1540. The van der Waals surface area contributed by atoms with Crippen molar-refractivity contribution in [2.75, 3.05) is 0 Å². The fourth-order valence-electron chi connectivity index (χ4n) is 4.26. The average Bonchev–Trinajstić information content (AvgIpc) is 3.39. The summed E-state index contributed by atoms with van der Waals surface area (Å²) in [6.45, 7) is 0.780. The van der Waals surface area contributed by atoms with Crippen molar-refractivity contribution in [3.05, 3.63) is 102 Å². The number of para-hydroxylation sites is 1. The van der Waals surface area contributed by atoms with E-state index in [1.54, 1.807) is 11.3 Å². The van der Waals surface area contributed by atoms with Gasteiger partial charge in [0.25, 0.3) is 0 Å². The lowest BCUT2D eigenvalue weighted by atomic mass is 10.1. The van der Waals surface area contributed by atoms with Gasteiger partial charge in [-0.05, 0) is 54.1 Å². The Kier molecular flexibility index (Phi) is 4.18. The summed E-state index contributed by atoms with van der Waals surface area (Å²) in [5, 5.41) is 3.25. The minimum Gasteiger partial charge on any atom is -0.336 e. The van der Waals surface area contributed by atoms with Crippen molar-refractivity contribution in [2.45, 2.75) is 6.54 Å². The lowest BCUT2D eigenvalue weighted by Gasteiger charge is -2.08. The summed E-state index contributed by atoms with van der Waals surface area (Å²) in [6, 6.07) is 31.2. The van der Waals surface area contributed by atoms with Crippen molar-refractivity contribution in [3.8, 4) is 10.6 Å². The Balaban J connectivity index is 1.59. The second-order valence-corrected chi connectivity index (χ2v) is 8.72. The maximum atomic E-state index is 11.5. The predicted octanol–water partition coefficient (Wildman–Crippen LogP) is 6.93. The normalized spacial score (nSPS) is 11.5. The lowest BCUT2D eigenvalue weighted by molar-refractivity contribution is 0.112. The Morgan fingerprint density at radius 1 is 0.806 bits per heavy atom. The van der Waals surface area contributed by atoms with Gasteiger partial charge < -0.3 is 4.57 Å². The number of carbonyl (C=O) groups excluding carboxylic acids is 1. The maximum absolute atomic E-state index is 11.5. The van der Waals surface area contributed by atoms with Crippen LogP contribution in [0.3, 0.4) is 0 Å². The number of rotatable bonds is 4. The molecule has 0 fully saturated rings. The first-order chi connectivity index (χ1) is 15.3. The van der Waals surface area contributed by atoms with Gasteiger partial charge in [-0.1, -0.05) is 42.5 Å². The number of hydrogen-bond donors (Lipinski definition) is 0. The Hall–Kier alpha value is -3.76. The number of hydrogen-bond acceptors (Lipinski definition) is 3. The third-order valence-electron chi connectivity index (χ3n) is 5.75. The van der Waals surface area contributed by atoms with E-state index in [9.17, 15) is 4.79 Å². The molecule has 31 heavy (non-hydrogen) atoms. The fraction of sp³-hybridized carbons (Fsp3) is 0.0370. The summed E-state index contributed by atoms with van der Waals surface area (Å²) in [5.41, 5.74) is 6.35. The molecule has 2 heterocycles. The van der Waals surface area contributed by atoms with E-state index in [2.05, 4.69) is 65.2 Å². The van der Waals surface area contributed by atoms with E-state index in [0.717, 1.165) is 50.7 Å². The highest BCUT2D eigenvalue weighted by molar-refractivity contribution is 7.21. The van der Waals surface area contributed by atoms with Crippen LogP contribution in [0, 0.1) is 0 Å². The molecule has 3 nitrogen and oxygen atoms in total. The van der Waals surface area contributed by atoms with Crippen LogP contribution < -0.4 is 0 Å². The van der Waals surface area contributed by atoms with Crippen LogP contribution >= 0.6 is 11.3 Å². The van der Waals surface area contributed by atoms with E-state index < -0.39 is 0 Å². The summed E-state index contributed by atoms with van der Waals surface area (Å²) < 4.78 is 3.52. The van der Waals surface area contributed by atoms with Gasteiger partial charge in [-0.15, -0.1) is 11.3 Å². The number of thiazole rings is 1. The van der Waals surface area contributed by atoms with Gasteiger partial charge in [-0.25, -0.2) is 4.98 Å². The van der Waals surface area contributed by atoms with E-state index in [0.29, 0.717) is 5.56 Å². The number of fused-ring (bicyclic) bond motifs is 4. The van der Waals surface area contributed by atoms with Crippen LogP contribution in [0.2, 0.25) is 0 Å². The molecule has 0 radical (unpaired) electrons. The van der Waals surface area contributed by atoms with E-state index in [-0.39, 0.29) is 0 Å². The van der Waals surface area contributed by atoms with Gasteiger partial charge in [0.05, 0.1) is 10.2 Å². The van der Waals surface area contributed by atoms with Crippen molar-refractivity contribution < 1.29 is 4.79 Å². The van der Waals surface area contributed by atoms with Crippen molar-refractivity contribution in [1.82, 2.24) is 9.55 Å². The Labute approximate surface area is 183 Å². The van der Waals surface area contributed by atoms with E-state index in [4.69, 9.17) is 4.98 Å². The van der Waals surface area contributed by atoms with Crippen LogP contribution in [-0.2, 0) is 6.54 Å². The van der Waals surface area contributed by atoms with Gasteiger partial charge in [-0.2, -0.15) is 0 Å². The third kappa shape index (κ3) is 3.04. The average molecular weight is 419 g/mol. The highest BCUT2D eigenvalue weighted by Gasteiger charge is 2.14. The molecule has 0 aliphatic carbocycles. The second kappa shape index (κ2) is 7.18. The number of nitrogens with zero attached hydrogens (tertiary/aromatic N) is 2. The number of carbonyl (C=O) groups is 1. The van der Waals surface area contributed by atoms with Crippen molar-refractivity contribution in [2.24, 2.45) is 0 Å². The second-order valence-electron chi connectivity index (χ2n) is 7.68. The smallest absolute Gasteiger partial charge is 0.150 e. The topological polar surface area (TPSA) is 34.9 Å². The molecule has 4 heteroatoms. The molecule has 0 saturated heterocycles. The quantitative estimate of drug-likeness (QED) is 0.291. The molecular weight excluding hydrogens is 400 g/mol. The number of aldehydes is 1. The lowest BCUT2D eigenvalue weighted by Crippen LogP contribution is -1.99. The molecular formula is C27H18N2OS. The van der Waals surface area contributed by atoms with Crippen molar-refractivity contribution in [1.29, 1.82) is 0 Å². The molecule has 0 N–H and O–H groups in total. The van der Waals surface area contributed by atoms with Gasteiger partial charge in [0.1, 0.15) is 11.3 Å². The largest absolute Gasteiger partial charge is 0.336 e. The Morgan fingerprint density at radius 2 is 1.55 bits per heavy atom. The zero-order valence-electron chi connectivity index (χ0n) is 16.7. The van der Waals surface area contributed by atoms with Gasteiger partial charge in [0.15, 0.2) is 0 Å². The molecule has 6 rings (SSSR count). The van der Waals surface area contributed by atoms with Crippen LogP contribution in [0.5, 0.6) is 0 Å². The molecule has 2 aromatic heterocycles. The van der Waals surface area contributed by atoms with Crippen LogP contribution in [0.1, 0.15) is 15.9 Å². The number of aromatic nitrogens is 2. The molecule has 6 aromatic rings. The maximum Gasteiger partial charge on any atom is 0.150 e.